The van der Waals surface area contributed by atoms with Gasteiger partial charge in [0.15, 0.2) is 5.16 Å². The maximum absolute atomic E-state index is 12.8. The van der Waals surface area contributed by atoms with E-state index >= 15 is 0 Å². The second-order valence-electron chi connectivity index (χ2n) is 5.36. The predicted octanol–water partition coefficient (Wildman–Crippen LogP) is 2.08. The second kappa shape index (κ2) is 7.20. The smallest absolute Gasteiger partial charge is 0.197 e. The number of fused-ring (bicyclic) bond motifs is 1. The summed E-state index contributed by atoms with van der Waals surface area (Å²) in [4.78, 5) is 11.5. The van der Waals surface area contributed by atoms with Crippen molar-refractivity contribution in [3.8, 4) is 11.5 Å². The predicted molar refractivity (Wildman–Crippen MR) is 94.2 cm³/mol. The molecule has 2 aromatic heterocycles. The van der Waals surface area contributed by atoms with E-state index in [-0.39, 0.29) is 22.2 Å². The number of imidazole rings is 1. The monoisotopic (exact) mass is 365 g/mol. The summed E-state index contributed by atoms with van der Waals surface area (Å²) in [5.41, 5.74) is 2.39. The minimum Gasteiger partial charge on any atom is -0.497 e. The third kappa shape index (κ3) is 3.35. The zero-order valence-electron chi connectivity index (χ0n) is 16.7. The number of nitrogens with zero attached hydrogens (tertiary/aromatic N) is 2. The molecule has 2 N–H and O–H groups in total. The molecule has 0 amide bonds. The van der Waals surface area contributed by atoms with Crippen LogP contribution in [0.25, 0.3) is 11.0 Å². The fourth-order valence-electron chi connectivity index (χ4n) is 2.48. The summed E-state index contributed by atoms with van der Waals surface area (Å²) in [5, 5.41) is 9.70. The van der Waals surface area contributed by atoms with Gasteiger partial charge in [-0.05, 0) is 19.1 Å². The van der Waals surface area contributed by atoms with Gasteiger partial charge in [0, 0.05) is 23.4 Å². The maximum atomic E-state index is 12.8. The Morgan fingerprint density at radius 3 is 2.96 bits per heavy atom. The van der Waals surface area contributed by atoms with Crippen molar-refractivity contribution in [3.05, 3.63) is 41.2 Å². The van der Waals surface area contributed by atoms with E-state index in [0.717, 1.165) is 0 Å². The number of H-pyrrole nitrogens is 1. The highest BCUT2D eigenvalue weighted by atomic mass is 32.2. The average Bonchev–Trinajstić information content (AvgIpc) is 3.07. The van der Waals surface area contributed by atoms with Gasteiger partial charge in [0.1, 0.15) is 11.5 Å². The molecule has 0 aliphatic carbocycles. The number of ether oxygens (including phenoxy) is 2. The number of aliphatic hydroxyl groups is 1. The molecular weight excluding hydrogens is 343 g/mol. The number of pyridine rings is 1. The first kappa shape index (κ1) is 13.8. The normalized spacial score (nSPS) is 14.6. The number of nitrogens with one attached hydrogen (secondary N) is 1. The number of aliphatic hydroxyl groups excluding tert-OH is 1. The van der Waals surface area contributed by atoms with Gasteiger partial charge in [-0.1, -0.05) is 0 Å². The van der Waals surface area contributed by atoms with Crippen LogP contribution in [0.4, 0.5) is 0 Å². The molecule has 0 aliphatic heterocycles. The summed E-state index contributed by atoms with van der Waals surface area (Å²) in [6.45, 7) is 1.19. The molecule has 8 heteroatoms. The van der Waals surface area contributed by atoms with Crippen LogP contribution in [0, 0.1) is 6.92 Å². The molecule has 0 saturated heterocycles. The fraction of sp³-hybridized carbons (Fsp3) is 0.294. The van der Waals surface area contributed by atoms with Crippen LogP contribution in [0.5, 0.6) is 11.5 Å². The molecule has 1 atom stereocenters. The van der Waals surface area contributed by atoms with Gasteiger partial charge in [-0.25, -0.2) is 4.98 Å². The second-order valence-corrected chi connectivity index (χ2v) is 6.73. The van der Waals surface area contributed by atoms with Gasteiger partial charge in [-0.3, -0.25) is 9.19 Å². The number of benzene rings is 1. The molecule has 25 heavy (non-hydrogen) atoms. The summed E-state index contributed by atoms with van der Waals surface area (Å²) in [7, 11) is -2.68. The van der Waals surface area contributed by atoms with Crippen LogP contribution in [0.2, 0.25) is 0 Å². The Morgan fingerprint density at radius 1 is 1.40 bits per heavy atom. The van der Waals surface area contributed by atoms with Crippen molar-refractivity contribution in [2.24, 2.45) is 0 Å². The topological polar surface area (TPSA) is 97.3 Å². The lowest BCUT2D eigenvalue weighted by Crippen LogP contribution is -2.06. The van der Waals surface area contributed by atoms with Crippen LogP contribution >= 0.6 is 0 Å². The SMILES string of the molecule is [2H][13C]([2H])([2H])Oc1c(CO)cnc(CS(=O)c2nc3ccc(OC)cc3[nH]2)c1C. The zero-order valence-corrected chi connectivity index (χ0v) is 14.5. The fourth-order valence-corrected chi connectivity index (χ4v) is 3.58. The van der Waals surface area contributed by atoms with Crippen LogP contribution in [0.3, 0.4) is 0 Å². The third-order valence-corrected chi connectivity index (χ3v) is 5.02. The maximum Gasteiger partial charge on any atom is 0.197 e. The lowest BCUT2D eigenvalue weighted by atomic mass is 10.1. The molecular formula is C17H19N3O4S. The van der Waals surface area contributed by atoms with E-state index in [9.17, 15) is 9.32 Å². The van der Waals surface area contributed by atoms with Crippen LogP contribution < -0.4 is 9.47 Å². The standard InChI is InChI=1S/C17H19N3O4S/c1-10-15(18-7-11(8-21)16(10)24-3)9-25(22)17-19-13-5-4-12(23-2)6-14(13)20-17/h4-7,21H,8-9H2,1-3H3,(H,19,20)/i3+1D3. The molecule has 0 aliphatic rings. The number of aromatic amines is 1. The van der Waals surface area contributed by atoms with Crippen LogP contribution in [-0.4, -0.2) is 38.4 Å². The van der Waals surface area contributed by atoms with Crippen molar-refractivity contribution >= 4 is 21.8 Å². The van der Waals surface area contributed by atoms with Crippen molar-refractivity contribution in [2.75, 3.05) is 14.1 Å². The Hall–Kier alpha value is -2.45. The van der Waals surface area contributed by atoms with E-state index < -0.39 is 24.4 Å². The minimum absolute atomic E-state index is 0.00581. The Balaban J connectivity index is 1.90. The van der Waals surface area contributed by atoms with Crippen molar-refractivity contribution < 1.29 is 22.9 Å². The van der Waals surface area contributed by atoms with E-state index in [1.807, 2.05) is 0 Å². The Morgan fingerprint density at radius 2 is 2.24 bits per heavy atom. The summed E-state index contributed by atoms with van der Waals surface area (Å²) in [6, 6.07) is 5.27. The van der Waals surface area contributed by atoms with Gasteiger partial charge in [-0.15, -0.1) is 0 Å². The molecule has 0 saturated carbocycles. The Kier molecular flexibility index (Phi) is 3.97. The molecule has 3 rings (SSSR count). The van der Waals surface area contributed by atoms with Gasteiger partial charge in [0.25, 0.3) is 0 Å². The molecule has 0 fully saturated rings. The molecule has 1 aromatic carbocycles. The molecule has 1 unspecified atom stereocenters. The number of hydrogen-bond acceptors (Lipinski definition) is 6. The third-order valence-electron chi connectivity index (χ3n) is 3.86. The van der Waals surface area contributed by atoms with Crippen LogP contribution in [-0.2, 0) is 23.2 Å². The summed E-state index contributed by atoms with van der Waals surface area (Å²) >= 11 is 0. The van der Waals surface area contributed by atoms with Crippen molar-refractivity contribution in [1.82, 2.24) is 15.0 Å². The van der Waals surface area contributed by atoms with E-state index in [4.69, 9.17) is 13.6 Å². The van der Waals surface area contributed by atoms with Gasteiger partial charge < -0.3 is 19.6 Å². The molecule has 0 spiro atoms. The molecule has 3 aromatic rings. The number of rotatable bonds is 6. The largest absolute Gasteiger partial charge is 0.497 e. The van der Waals surface area contributed by atoms with E-state index in [0.29, 0.717) is 28.0 Å². The van der Waals surface area contributed by atoms with Crippen LogP contribution in [0.15, 0.2) is 29.6 Å². The highest BCUT2D eigenvalue weighted by Crippen LogP contribution is 2.27. The first-order valence-electron chi connectivity index (χ1n) is 8.91. The average molecular weight is 365 g/mol. The van der Waals surface area contributed by atoms with E-state index in [1.54, 1.807) is 32.2 Å². The quantitative estimate of drug-likeness (QED) is 0.649. The first-order chi connectivity index (χ1) is 13.2. The van der Waals surface area contributed by atoms with E-state index in [1.165, 1.54) is 6.20 Å². The highest BCUT2D eigenvalue weighted by Gasteiger charge is 2.17. The number of methoxy groups -OCH3 is 2. The molecule has 2 heterocycles. The molecule has 132 valence electrons. The minimum atomic E-state index is -2.68. The van der Waals surface area contributed by atoms with E-state index in [2.05, 4.69) is 15.0 Å². The van der Waals surface area contributed by atoms with Gasteiger partial charge in [-0.2, -0.15) is 0 Å². The Labute approximate surface area is 151 Å². The number of aromatic nitrogens is 3. The molecule has 0 radical (unpaired) electrons. The summed E-state index contributed by atoms with van der Waals surface area (Å²) < 4.78 is 44.9. The first-order valence-corrected chi connectivity index (χ1v) is 8.73. The summed E-state index contributed by atoms with van der Waals surface area (Å²) in [6.07, 6.45) is 1.32. The van der Waals surface area contributed by atoms with Crippen molar-refractivity contribution in [3.63, 3.8) is 0 Å². The molecule has 7 nitrogen and oxygen atoms in total. The van der Waals surface area contributed by atoms with Crippen molar-refractivity contribution in [2.45, 2.75) is 24.4 Å². The lowest BCUT2D eigenvalue weighted by Gasteiger charge is -2.12. The zero-order chi connectivity index (χ0) is 20.5. The highest BCUT2D eigenvalue weighted by molar-refractivity contribution is 7.84. The lowest BCUT2D eigenvalue weighted by molar-refractivity contribution is 0.272. The Bertz CT molecular complexity index is 1040. The van der Waals surface area contributed by atoms with Gasteiger partial charge >= 0.3 is 0 Å². The van der Waals surface area contributed by atoms with Crippen molar-refractivity contribution in [1.29, 1.82) is 0 Å². The van der Waals surface area contributed by atoms with Gasteiger partial charge in [0.05, 0.1) is 58.1 Å². The molecule has 0 bridgehead atoms. The van der Waals surface area contributed by atoms with Crippen LogP contribution in [0.1, 0.15) is 20.9 Å². The summed E-state index contributed by atoms with van der Waals surface area (Å²) in [5.74, 6) is 0.683. The van der Waals surface area contributed by atoms with Gasteiger partial charge in [0.2, 0.25) is 0 Å². The number of hydrogen-bond donors (Lipinski definition) is 2.